The molecule has 0 aliphatic carbocycles. The van der Waals surface area contributed by atoms with Crippen molar-refractivity contribution >= 4 is 11.9 Å². The number of benzene rings is 1. The maximum absolute atomic E-state index is 12.1. The Labute approximate surface area is 147 Å². The van der Waals surface area contributed by atoms with E-state index in [0.29, 0.717) is 32.4 Å². The van der Waals surface area contributed by atoms with Crippen LogP contribution in [0.1, 0.15) is 35.2 Å². The number of carbonyl (C=O) groups is 2. The second-order valence-electron chi connectivity index (χ2n) is 6.18. The van der Waals surface area contributed by atoms with Gasteiger partial charge >= 0.3 is 5.97 Å². The summed E-state index contributed by atoms with van der Waals surface area (Å²) < 4.78 is 4.94. The van der Waals surface area contributed by atoms with Crippen molar-refractivity contribution in [2.75, 3.05) is 20.3 Å². The van der Waals surface area contributed by atoms with E-state index >= 15 is 0 Å². The van der Waals surface area contributed by atoms with Gasteiger partial charge in [-0.1, -0.05) is 24.3 Å². The van der Waals surface area contributed by atoms with Crippen LogP contribution in [0.25, 0.3) is 0 Å². The Kier molecular flexibility index (Phi) is 7.16. The van der Waals surface area contributed by atoms with E-state index in [1.165, 1.54) is 0 Å². The lowest BCUT2D eigenvalue weighted by atomic mass is 10.1. The molecule has 0 aromatic heterocycles. The second-order valence-corrected chi connectivity index (χ2v) is 6.18. The van der Waals surface area contributed by atoms with Gasteiger partial charge in [-0.2, -0.15) is 0 Å². The fraction of sp³-hybridized carbons (Fsp3) is 0.474. The Hall–Kier alpha value is -2.18. The van der Waals surface area contributed by atoms with Crippen LogP contribution < -0.4 is 0 Å². The van der Waals surface area contributed by atoms with Crippen LogP contribution in [0, 0.1) is 0 Å². The van der Waals surface area contributed by atoms with Crippen LogP contribution in [0.5, 0.6) is 0 Å². The number of carboxylic acid groups (broad SMARTS) is 1. The van der Waals surface area contributed by atoms with E-state index in [2.05, 4.69) is 0 Å². The van der Waals surface area contributed by atoms with Crippen LogP contribution >= 0.6 is 0 Å². The topological polar surface area (TPSA) is 87.1 Å². The van der Waals surface area contributed by atoms with Gasteiger partial charge in [0.15, 0.2) is 0 Å². The zero-order valence-corrected chi connectivity index (χ0v) is 14.4. The molecule has 1 unspecified atom stereocenters. The Morgan fingerprint density at radius 3 is 2.76 bits per heavy atom. The quantitative estimate of drug-likeness (QED) is 0.666. The van der Waals surface area contributed by atoms with E-state index in [4.69, 9.17) is 9.84 Å². The number of nitrogens with zero attached hydrogens (tertiary/aromatic N) is 1. The molecule has 1 aliphatic rings. The summed E-state index contributed by atoms with van der Waals surface area (Å²) in [5, 5.41) is 18.8. The minimum Gasteiger partial charge on any atom is -0.478 e. The molecule has 1 saturated heterocycles. The molecule has 2 rings (SSSR count). The average molecular weight is 347 g/mol. The summed E-state index contributed by atoms with van der Waals surface area (Å²) in [5.74, 6) is -0.832. The predicted molar refractivity (Wildman–Crippen MR) is 93.5 cm³/mol. The molecule has 25 heavy (non-hydrogen) atoms. The molecule has 1 aliphatic heterocycles. The fourth-order valence-electron chi connectivity index (χ4n) is 2.90. The van der Waals surface area contributed by atoms with Crippen LogP contribution in [0.2, 0.25) is 0 Å². The van der Waals surface area contributed by atoms with Gasteiger partial charge in [-0.25, -0.2) is 4.79 Å². The predicted octanol–water partition coefficient (Wildman–Crippen LogP) is 1.87. The maximum Gasteiger partial charge on any atom is 0.335 e. The van der Waals surface area contributed by atoms with Crippen molar-refractivity contribution < 1.29 is 24.5 Å². The molecule has 0 radical (unpaired) electrons. The molecule has 0 saturated carbocycles. The second kappa shape index (κ2) is 9.34. The maximum atomic E-state index is 12.1. The van der Waals surface area contributed by atoms with Crippen molar-refractivity contribution in [1.29, 1.82) is 0 Å². The number of hydrogen-bond acceptors (Lipinski definition) is 4. The van der Waals surface area contributed by atoms with Gasteiger partial charge in [-0.15, -0.1) is 0 Å². The minimum atomic E-state index is -0.946. The average Bonchev–Trinajstić information content (AvgIpc) is 2.96. The first kappa shape index (κ1) is 19.1. The highest BCUT2D eigenvalue weighted by Gasteiger charge is 2.28. The van der Waals surface area contributed by atoms with Crippen LogP contribution in [-0.4, -0.2) is 59.4 Å². The smallest absolute Gasteiger partial charge is 0.335 e. The van der Waals surface area contributed by atoms with E-state index in [1.54, 1.807) is 37.5 Å². The largest absolute Gasteiger partial charge is 0.478 e. The van der Waals surface area contributed by atoms with Crippen molar-refractivity contribution in [2.24, 2.45) is 0 Å². The number of aromatic carboxylic acids is 1. The van der Waals surface area contributed by atoms with Crippen molar-refractivity contribution in [3.05, 3.63) is 47.5 Å². The molecule has 1 fully saturated rings. The van der Waals surface area contributed by atoms with Gasteiger partial charge in [0.2, 0.25) is 5.91 Å². The third kappa shape index (κ3) is 5.69. The molecule has 6 nitrogen and oxygen atoms in total. The minimum absolute atomic E-state index is 0.00277. The van der Waals surface area contributed by atoms with Crippen LogP contribution in [0.3, 0.4) is 0 Å². The molecule has 1 heterocycles. The summed E-state index contributed by atoms with van der Waals surface area (Å²) in [4.78, 5) is 24.8. The molecule has 1 amide bonds. The van der Waals surface area contributed by atoms with E-state index in [0.717, 1.165) is 12.0 Å². The first-order valence-electron chi connectivity index (χ1n) is 8.48. The number of ether oxygens (including phenoxy) is 1. The molecular formula is C19H25NO5. The van der Waals surface area contributed by atoms with Gasteiger partial charge < -0.3 is 19.8 Å². The molecule has 0 bridgehead atoms. The summed E-state index contributed by atoms with van der Waals surface area (Å²) in [7, 11) is 1.59. The zero-order valence-electron chi connectivity index (χ0n) is 14.4. The highest BCUT2D eigenvalue weighted by Crippen LogP contribution is 2.21. The molecule has 2 N–H and O–H groups in total. The van der Waals surface area contributed by atoms with Gasteiger partial charge in [-0.3, -0.25) is 4.79 Å². The summed E-state index contributed by atoms with van der Waals surface area (Å²) in [6.07, 6.45) is 5.54. The SMILES string of the molecule is COCCC(O)C=C[C@H]1CCC(=O)N1CCc1ccc(C(=O)O)cc1. The molecule has 136 valence electrons. The first-order chi connectivity index (χ1) is 12.0. The Morgan fingerprint density at radius 2 is 2.12 bits per heavy atom. The third-order valence-electron chi connectivity index (χ3n) is 4.39. The number of hydrogen-bond donors (Lipinski definition) is 2. The van der Waals surface area contributed by atoms with Crippen LogP contribution in [0.15, 0.2) is 36.4 Å². The Morgan fingerprint density at radius 1 is 1.40 bits per heavy atom. The number of carboxylic acids is 1. The highest BCUT2D eigenvalue weighted by molar-refractivity contribution is 5.87. The van der Waals surface area contributed by atoms with Crippen molar-refractivity contribution in [3.63, 3.8) is 0 Å². The number of methoxy groups -OCH3 is 1. The Balaban J connectivity index is 1.90. The number of rotatable bonds is 9. The fourth-order valence-corrected chi connectivity index (χ4v) is 2.90. The number of aliphatic hydroxyl groups is 1. The summed E-state index contributed by atoms with van der Waals surface area (Å²) in [6.45, 7) is 1.07. The lowest BCUT2D eigenvalue weighted by molar-refractivity contribution is -0.128. The molecule has 1 aromatic rings. The standard InChI is InChI=1S/C19H25NO5/c1-25-13-11-17(21)8-6-16-7-9-18(22)20(16)12-10-14-2-4-15(5-3-14)19(23)24/h2-6,8,16-17,21H,7,9-13H2,1H3,(H,23,24)/t16-,17?/m0/s1. The van der Waals surface area contributed by atoms with Gasteiger partial charge in [0.05, 0.1) is 17.7 Å². The normalized spacial score (nSPS) is 18.9. The molecular weight excluding hydrogens is 322 g/mol. The number of aliphatic hydroxyl groups excluding tert-OH is 1. The third-order valence-corrected chi connectivity index (χ3v) is 4.39. The number of carbonyl (C=O) groups excluding carboxylic acids is 1. The number of likely N-dealkylation sites (tertiary alicyclic amines) is 1. The van der Waals surface area contributed by atoms with E-state index in [1.807, 2.05) is 11.0 Å². The van der Waals surface area contributed by atoms with Crippen LogP contribution in [-0.2, 0) is 16.0 Å². The Bertz CT molecular complexity index is 611. The monoisotopic (exact) mass is 347 g/mol. The van der Waals surface area contributed by atoms with E-state index in [-0.39, 0.29) is 17.5 Å². The van der Waals surface area contributed by atoms with Gasteiger partial charge in [0.1, 0.15) is 0 Å². The van der Waals surface area contributed by atoms with Gasteiger partial charge in [0, 0.05) is 33.1 Å². The van der Waals surface area contributed by atoms with Crippen LogP contribution in [0.4, 0.5) is 0 Å². The summed E-state index contributed by atoms with van der Waals surface area (Å²) >= 11 is 0. The summed E-state index contributed by atoms with van der Waals surface area (Å²) in [6, 6.07) is 6.72. The lowest BCUT2D eigenvalue weighted by Crippen LogP contribution is -2.33. The lowest BCUT2D eigenvalue weighted by Gasteiger charge is -2.22. The number of amides is 1. The highest BCUT2D eigenvalue weighted by atomic mass is 16.5. The van der Waals surface area contributed by atoms with E-state index in [9.17, 15) is 14.7 Å². The van der Waals surface area contributed by atoms with Gasteiger partial charge in [0.25, 0.3) is 0 Å². The molecule has 0 spiro atoms. The molecule has 2 atom stereocenters. The van der Waals surface area contributed by atoms with Crippen molar-refractivity contribution in [3.8, 4) is 0 Å². The van der Waals surface area contributed by atoms with E-state index < -0.39 is 12.1 Å². The van der Waals surface area contributed by atoms with Crippen molar-refractivity contribution in [2.45, 2.75) is 37.8 Å². The molecule has 1 aromatic carbocycles. The summed E-state index contributed by atoms with van der Waals surface area (Å²) in [5.41, 5.74) is 1.25. The van der Waals surface area contributed by atoms with Crippen molar-refractivity contribution in [1.82, 2.24) is 4.90 Å². The molecule has 6 heteroatoms. The zero-order chi connectivity index (χ0) is 18.2. The first-order valence-corrected chi connectivity index (χ1v) is 8.48. The van der Waals surface area contributed by atoms with Gasteiger partial charge in [-0.05, 0) is 30.5 Å².